The van der Waals surface area contributed by atoms with Crippen molar-refractivity contribution < 1.29 is 5.11 Å². The molecule has 9 heavy (non-hydrogen) atoms. The molecule has 0 amide bonds. The summed E-state index contributed by atoms with van der Waals surface area (Å²) < 4.78 is 1.03. The smallest absolute Gasteiger partial charge is 0.106 e. The van der Waals surface area contributed by atoms with Crippen molar-refractivity contribution in [3.05, 3.63) is 21.0 Å². The van der Waals surface area contributed by atoms with Gasteiger partial charge in [0.15, 0.2) is 0 Å². The summed E-state index contributed by atoms with van der Waals surface area (Å²) in [6.45, 7) is 2.02. The molecule has 0 aromatic heterocycles. The van der Waals surface area contributed by atoms with Gasteiger partial charge in [-0.2, -0.15) is 0 Å². The number of rotatable bonds is 0. The van der Waals surface area contributed by atoms with Crippen molar-refractivity contribution in [2.75, 3.05) is 0 Å². The van der Waals surface area contributed by atoms with Crippen LogP contribution in [0, 0.1) is 0 Å². The molecular formula is C7H9IO. The first-order valence-electron chi connectivity index (χ1n) is 2.96. The Labute approximate surface area is 68.6 Å². The Balaban J connectivity index is 2.88. The van der Waals surface area contributed by atoms with Crippen LogP contribution in [-0.2, 0) is 0 Å². The molecule has 2 heteroatoms. The van der Waals surface area contributed by atoms with E-state index in [2.05, 4.69) is 28.7 Å². The van der Waals surface area contributed by atoms with Gasteiger partial charge in [-0.15, -0.1) is 0 Å². The third-order valence-electron chi connectivity index (χ3n) is 1.43. The third-order valence-corrected chi connectivity index (χ3v) is 2.90. The minimum atomic E-state index is 0.551. The summed E-state index contributed by atoms with van der Waals surface area (Å²) in [5.41, 5.74) is 1.21. The molecule has 1 aliphatic carbocycles. The minimum Gasteiger partial charge on any atom is -0.511 e. The van der Waals surface area contributed by atoms with E-state index in [9.17, 15) is 5.11 Å². The molecule has 1 rings (SSSR count). The summed E-state index contributed by atoms with van der Waals surface area (Å²) in [5.74, 6) is 0.551. The Morgan fingerprint density at radius 3 is 2.78 bits per heavy atom. The van der Waals surface area contributed by atoms with Crippen molar-refractivity contribution in [3.8, 4) is 0 Å². The standard InChI is InChI=1S/C7H9IO/c1-5-3-2-4-6(9)7(5)8/h3,9H,2,4H2,1H3. The summed E-state index contributed by atoms with van der Waals surface area (Å²) in [6.07, 6.45) is 3.96. The first-order valence-corrected chi connectivity index (χ1v) is 4.04. The van der Waals surface area contributed by atoms with Crippen LogP contribution in [0.5, 0.6) is 0 Å². The van der Waals surface area contributed by atoms with Gasteiger partial charge in [0, 0.05) is 6.42 Å². The van der Waals surface area contributed by atoms with Crippen LogP contribution in [0.2, 0.25) is 0 Å². The molecule has 0 unspecified atom stereocenters. The van der Waals surface area contributed by atoms with Crippen LogP contribution in [0.1, 0.15) is 19.8 Å². The topological polar surface area (TPSA) is 20.2 Å². The van der Waals surface area contributed by atoms with E-state index in [0.29, 0.717) is 5.76 Å². The quantitative estimate of drug-likeness (QED) is 0.641. The number of allylic oxidation sites excluding steroid dienone is 4. The molecule has 0 fully saturated rings. The highest BCUT2D eigenvalue weighted by Crippen LogP contribution is 2.27. The maximum Gasteiger partial charge on any atom is 0.106 e. The fourth-order valence-electron chi connectivity index (χ4n) is 0.852. The van der Waals surface area contributed by atoms with Crippen molar-refractivity contribution in [2.45, 2.75) is 19.8 Å². The van der Waals surface area contributed by atoms with Crippen molar-refractivity contribution in [3.63, 3.8) is 0 Å². The molecule has 50 valence electrons. The van der Waals surface area contributed by atoms with E-state index in [-0.39, 0.29) is 0 Å². The molecule has 0 spiro atoms. The van der Waals surface area contributed by atoms with Crippen LogP contribution >= 0.6 is 22.6 Å². The molecule has 0 saturated heterocycles. The van der Waals surface area contributed by atoms with Gasteiger partial charge in [0.25, 0.3) is 0 Å². The van der Waals surface area contributed by atoms with E-state index in [4.69, 9.17) is 0 Å². The maximum atomic E-state index is 9.18. The van der Waals surface area contributed by atoms with Gasteiger partial charge in [0.05, 0.1) is 3.58 Å². The molecule has 0 aromatic carbocycles. The van der Waals surface area contributed by atoms with Crippen LogP contribution in [-0.4, -0.2) is 5.11 Å². The van der Waals surface area contributed by atoms with E-state index >= 15 is 0 Å². The molecule has 0 atom stereocenters. The summed E-state index contributed by atoms with van der Waals surface area (Å²) in [5, 5.41) is 9.18. The Morgan fingerprint density at radius 1 is 1.67 bits per heavy atom. The number of hydrogen-bond acceptors (Lipinski definition) is 1. The second-order valence-electron chi connectivity index (χ2n) is 2.19. The molecule has 0 bridgehead atoms. The normalized spacial score (nSPS) is 20.0. The largest absolute Gasteiger partial charge is 0.511 e. The van der Waals surface area contributed by atoms with Crippen LogP contribution in [0.3, 0.4) is 0 Å². The number of hydrogen-bond donors (Lipinski definition) is 1. The summed E-state index contributed by atoms with van der Waals surface area (Å²) in [4.78, 5) is 0. The predicted molar refractivity (Wildman–Crippen MR) is 46.7 cm³/mol. The molecule has 0 aromatic rings. The minimum absolute atomic E-state index is 0.551. The van der Waals surface area contributed by atoms with Crippen molar-refractivity contribution in [2.24, 2.45) is 0 Å². The SMILES string of the molecule is CC1=CCCC(O)=C1I. The highest BCUT2D eigenvalue weighted by Gasteiger charge is 2.07. The Morgan fingerprint density at radius 2 is 2.33 bits per heavy atom. The van der Waals surface area contributed by atoms with Gasteiger partial charge in [-0.05, 0) is 41.5 Å². The lowest BCUT2D eigenvalue weighted by Crippen LogP contribution is -1.92. The van der Waals surface area contributed by atoms with Gasteiger partial charge in [-0.3, -0.25) is 0 Å². The van der Waals surface area contributed by atoms with E-state index in [0.717, 1.165) is 16.4 Å². The lowest BCUT2D eigenvalue weighted by atomic mass is 10.1. The number of aliphatic hydroxyl groups excluding tert-OH is 1. The highest BCUT2D eigenvalue weighted by atomic mass is 127. The van der Waals surface area contributed by atoms with Gasteiger partial charge in [0.1, 0.15) is 5.76 Å². The summed E-state index contributed by atoms with van der Waals surface area (Å²) in [6, 6.07) is 0. The average molecular weight is 236 g/mol. The molecule has 0 heterocycles. The van der Waals surface area contributed by atoms with Gasteiger partial charge in [-0.1, -0.05) is 6.08 Å². The fraction of sp³-hybridized carbons (Fsp3) is 0.429. The number of aliphatic hydroxyl groups is 1. The van der Waals surface area contributed by atoms with Gasteiger partial charge < -0.3 is 5.11 Å². The van der Waals surface area contributed by atoms with Crippen LogP contribution in [0.25, 0.3) is 0 Å². The van der Waals surface area contributed by atoms with E-state index in [1.165, 1.54) is 5.57 Å². The van der Waals surface area contributed by atoms with Crippen molar-refractivity contribution in [1.29, 1.82) is 0 Å². The van der Waals surface area contributed by atoms with Gasteiger partial charge in [0.2, 0.25) is 0 Å². The molecular weight excluding hydrogens is 227 g/mol. The zero-order chi connectivity index (χ0) is 6.85. The number of halogens is 1. The van der Waals surface area contributed by atoms with E-state index < -0.39 is 0 Å². The van der Waals surface area contributed by atoms with Crippen molar-refractivity contribution >= 4 is 22.6 Å². The zero-order valence-electron chi connectivity index (χ0n) is 5.32. The summed E-state index contributed by atoms with van der Waals surface area (Å²) >= 11 is 2.17. The van der Waals surface area contributed by atoms with E-state index in [1.807, 2.05) is 6.92 Å². The van der Waals surface area contributed by atoms with E-state index in [1.54, 1.807) is 0 Å². The average Bonchev–Trinajstić information content (AvgIpc) is 1.83. The first kappa shape index (κ1) is 7.12. The molecule has 1 N–H and O–H groups in total. The fourth-order valence-corrected chi connectivity index (χ4v) is 1.34. The van der Waals surface area contributed by atoms with Crippen molar-refractivity contribution in [1.82, 2.24) is 0 Å². The van der Waals surface area contributed by atoms with Crippen LogP contribution in [0.4, 0.5) is 0 Å². The molecule has 0 saturated carbocycles. The lowest BCUT2D eigenvalue weighted by molar-refractivity contribution is 0.385. The first-order chi connectivity index (χ1) is 4.22. The monoisotopic (exact) mass is 236 g/mol. The summed E-state index contributed by atoms with van der Waals surface area (Å²) in [7, 11) is 0. The van der Waals surface area contributed by atoms with Gasteiger partial charge >= 0.3 is 0 Å². The maximum absolute atomic E-state index is 9.18. The second-order valence-corrected chi connectivity index (χ2v) is 3.27. The molecule has 0 radical (unpaired) electrons. The molecule has 0 aliphatic heterocycles. The lowest BCUT2D eigenvalue weighted by Gasteiger charge is -2.09. The third kappa shape index (κ3) is 1.47. The Hall–Kier alpha value is 0.01000. The predicted octanol–water partition coefficient (Wildman–Crippen LogP) is 2.93. The zero-order valence-corrected chi connectivity index (χ0v) is 7.47. The molecule has 1 nitrogen and oxygen atoms in total. The molecule has 1 aliphatic rings. The second kappa shape index (κ2) is 2.73. The highest BCUT2D eigenvalue weighted by molar-refractivity contribution is 14.1. The van der Waals surface area contributed by atoms with Gasteiger partial charge in [-0.25, -0.2) is 0 Å². The Kier molecular flexibility index (Phi) is 2.16. The van der Waals surface area contributed by atoms with Crippen LogP contribution in [0.15, 0.2) is 21.0 Å². The van der Waals surface area contributed by atoms with Crippen LogP contribution < -0.4 is 0 Å². The Bertz CT molecular complexity index is 179.